The molecule has 2 fully saturated rings. The van der Waals surface area contributed by atoms with E-state index in [-0.39, 0.29) is 43.3 Å². The van der Waals surface area contributed by atoms with E-state index in [0.717, 1.165) is 25.9 Å². The lowest BCUT2D eigenvalue weighted by atomic mass is 9.86. The lowest BCUT2D eigenvalue weighted by Gasteiger charge is -2.33. The molecule has 0 aliphatic carbocycles. The molecule has 0 unspecified atom stereocenters. The summed E-state index contributed by atoms with van der Waals surface area (Å²) in [6.07, 6.45) is 1.70. The molecule has 2 N–H and O–H groups in total. The van der Waals surface area contributed by atoms with Crippen LogP contribution in [0, 0.1) is 0 Å². The molecule has 0 atom stereocenters. The van der Waals surface area contributed by atoms with Gasteiger partial charge in [0.05, 0.1) is 6.54 Å². The van der Waals surface area contributed by atoms with E-state index in [1.807, 2.05) is 0 Å². The minimum Gasteiger partial charge on any atom is -0.317 e. The molecule has 0 aromatic carbocycles. The zero-order valence-corrected chi connectivity index (χ0v) is 9.45. The molecule has 2 aliphatic rings. The van der Waals surface area contributed by atoms with E-state index in [1.54, 1.807) is 0 Å². The first-order chi connectivity index (χ1) is 5.62. The van der Waals surface area contributed by atoms with Gasteiger partial charge in [-0.1, -0.05) is 0 Å². The molecule has 2 saturated heterocycles. The standard InChI is InChI=1S/C8H14F2N2.2ClH/c9-8(10)5-7(12-6-8)1-3-11-4-2-7;;/h11-12H,1-6H2;2*1H. The molecule has 14 heavy (non-hydrogen) atoms. The lowest BCUT2D eigenvalue weighted by molar-refractivity contribution is 0.0136. The fourth-order valence-corrected chi connectivity index (χ4v) is 2.20. The highest BCUT2D eigenvalue weighted by Gasteiger charge is 2.49. The van der Waals surface area contributed by atoms with Gasteiger partial charge in [-0.25, -0.2) is 8.78 Å². The van der Waals surface area contributed by atoms with Crippen molar-refractivity contribution < 1.29 is 8.78 Å². The molecule has 0 amide bonds. The second-order valence-corrected chi connectivity index (χ2v) is 3.92. The molecule has 1 spiro atoms. The van der Waals surface area contributed by atoms with Gasteiger partial charge in [0.15, 0.2) is 0 Å². The largest absolute Gasteiger partial charge is 0.317 e. The molecule has 2 heterocycles. The Balaban J connectivity index is 0.000000845. The molecule has 86 valence electrons. The van der Waals surface area contributed by atoms with Crippen molar-refractivity contribution in [1.82, 2.24) is 10.6 Å². The molecule has 2 rings (SSSR count). The van der Waals surface area contributed by atoms with E-state index in [9.17, 15) is 8.78 Å². The molecule has 0 aromatic rings. The maximum Gasteiger partial charge on any atom is 0.262 e. The van der Waals surface area contributed by atoms with Gasteiger partial charge in [-0.3, -0.25) is 0 Å². The Bertz CT molecular complexity index is 184. The molecular formula is C8H16Cl2F2N2. The summed E-state index contributed by atoms with van der Waals surface area (Å²) in [6.45, 7) is 1.60. The second-order valence-electron chi connectivity index (χ2n) is 3.92. The number of rotatable bonds is 0. The number of nitrogens with one attached hydrogen (secondary N) is 2. The quantitative estimate of drug-likeness (QED) is 0.681. The van der Waals surface area contributed by atoms with Gasteiger partial charge in [0.2, 0.25) is 0 Å². The average Bonchev–Trinajstić information content (AvgIpc) is 2.29. The molecule has 2 aliphatic heterocycles. The van der Waals surface area contributed by atoms with Crippen molar-refractivity contribution in [2.75, 3.05) is 19.6 Å². The highest BCUT2D eigenvalue weighted by molar-refractivity contribution is 5.85. The smallest absolute Gasteiger partial charge is 0.262 e. The van der Waals surface area contributed by atoms with E-state index in [1.165, 1.54) is 0 Å². The number of hydrogen-bond acceptors (Lipinski definition) is 2. The highest BCUT2D eigenvalue weighted by atomic mass is 35.5. The molecular weight excluding hydrogens is 233 g/mol. The number of piperidine rings is 1. The van der Waals surface area contributed by atoms with Crippen LogP contribution in [0.4, 0.5) is 8.78 Å². The third-order valence-electron chi connectivity index (χ3n) is 2.88. The number of halogens is 4. The third kappa shape index (κ3) is 2.92. The predicted octanol–water partition coefficient (Wildman–Crippen LogP) is 1.58. The highest BCUT2D eigenvalue weighted by Crippen LogP contribution is 2.37. The first-order valence-corrected chi connectivity index (χ1v) is 4.46. The van der Waals surface area contributed by atoms with E-state index >= 15 is 0 Å². The van der Waals surface area contributed by atoms with Gasteiger partial charge in [-0.2, -0.15) is 0 Å². The fourth-order valence-electron chi connectivity index (χ4n) is 2.20. The van der Waals surface area contributed by atoms with E-state index in [4.69, 9.17) is 0 Å². The number of hydrogen-bond donors (Lipinski definition) is 2. The minimum atomic E-state index is -2.47. The van der Waals surface area contributed by atoms with Crippen molar-refractivity contribution in [3.05, 3.63) is 0 Å². The van der Waals surface area contributed by atoms with Gasteiger partial charge < -0.3 is 10.6 Å². The Kier molecular flexibility index (Phi) is 5.05. The van der Waals surface area contributed by atoms with Crippen molar-refractivity contribution in [3.8, 4) is 0 Å². The molecule has 0 radical (unpaired) electrons. The lowest BCUT2D eigenvalue weighted by Crippen LogP contribution is -2.48. The maximum absolute atomic E-state index is 12.9. The van der Waals surface area contributed by atoms with Crippen LogP contribution < -0.4 is 10.6 Å². The van der Waals surface area contributed by atoms with Gasteiger partial charge in [-0.15, -0.1) is 24.8 Å². The first kappa shape index (κ1) is 14.4. The van der Waals surface area contributed by atoms with Crippen LogP contribution >= 0.6 is 24.8 Å². The number of alkyl halides is 2. The molecule has 2 nitrogen and oxygen atoms in total. The van der Waals surface area contributed by atoms with Crippen molar-refractivity contribution in [1.29, 1.82) is 0 Å². The van der Waals surface area contributed by atoms with E-state index in [0.29, 0.717) is 0 Å². The maximum atomic E-state index is 12.9. The summed E-state index contributed by atoms with van der Waals surface area (Å²) in [7, 11) is 0. The SMILES string of the molecule is Cl.Cl.FC1(F)CNC2(CCNCC2)C1. The molecule has 0 aromatic heterocycles. The molecule has 0 bridgehead atoms. The Morgan fingerprint density at radius 1 is 1.00 bits per heavy atom. The Morgan fingerprint density at radius 3 is 2.00 bits per heavy atom. The summed E-state index contributed by atoms with van der Waals surface area (Å²) in [5.74, 6) is -2.47. The minimum absolute atomic E-state index is 0. The zero-order valence-electron chi connectivity index (χ0n) is 7.82. The Hall–Kier alpha value is 0.360. The van der Waals surface area contributed by atoms with Gasteiger partial charge in [0, 0.05) is 12.0 Å². The van der Waals surface area contributed by atoms with Gasteiger partial charge >= 0.3 is 0 Å². The van der Waals surface area contributed by atoms with Gasteiger partial charge in [-0.05, 0) is 25.9 Å². The summed E-state index contributed by atoms with van der Waals surface area (Å²) >= 11 is 0. The fraction of sp³-hybridized carbons (Fsp3) is 1.00. The van der Waals surface area contributed by atoms with E-state index in [2.05, 4.69) is 10.6 Å². The topological polar surface area (TPSA) is 24.1 Å². The molecule has 6 heteroatoms. The zero-order chi connectivity index (χ0) is 8.66. The summed E-state index contributed by atoms with van der Waals surface area (Å²) in [4.78, 5) is 0. The Labute approximate surface area is 95.0 Å². The average molecular weight is 249 g/mol. The second kappa shape index (κ2) is 4.92. The Morgan fingerprint density at radius 2 is 1.57 bits per heavy atom. The van der Waals surface area contributed by atoms with Crippen molar-refractivity contribution in [3.63, 3.8) is 0 Å². The molecule has 0 saturated carbocycles. The van der Waals surface area contributed by atoms with Crippen LogP contribution in [0.15, 0.2) is 0 Å². The van der Waals surface area contributed by atoms with E-state index < -0.39 is 5.92 Å². The van der Waals surface area contributed by atoms with Crippen LogP contribution in [-0.4, -0.2) is 31.1 Å². The summed E-state index contributed by atoms with van der Waals surface area (Å²) in [5, 5.41) is 6.15. The van der Waals surface area contributed by atoms with Gasteiger partial charge in [0.25, 0.3) is 5.92 Å². The monoisotopic (exact) mass is 248 g/mol. The van der Waals surface area contributed by atoms with Crippen LogP contribution in [0.25, 0.3) is 0 Å². The summed E-state index contributed by atoms with van der Waals surface area (Å²) in [6, 6.07) is 0. The summed E-state index contributed by atoms with van der Waals surface area (Å²) in [5.41, 5.74) is -0.255. The third-order valence-corrected chi connectivity index (χ3v) is 2.88. The van der Waals surface area contributed by atoms with Crippen molar-refractivity contribution >= 4 is 24.8 Å². The normalized spacial score (nSPS) is 27.9. The first-order valence-electron chi connectivity index (χ1n) is 4.46. The predicted molar refractivity (Wildman–Crippen MR) is 56.9 cm³/mol. The van der Waals surface area contributed by atoms with Crippen LogP contribution in [0.3, 0.4) is 0 Å². The van der Waals surface area contributed by atoms with Crippen LogP contribution in [0.1, 0.15) is 19.3 Å². The van der Waals surface area contributed by atoms with Crippen LogP contribution in [0.2, 0.25) is 0 Å². The van der Waals surface area contributed by atoms with Crippen LogP contribution in [0.5, 0.6) is 0 Å². The van der Waals surface area contributed by atoms with Crippen molar-refractivity contribution in [2.45, 2.75) is 30.7 Å². The van der Waals surface area contributed by atoms with Crippen molar-refractivity contribution in [2.24, 2.45) is 0 Å². The summed E-state index contributed by atoms with van der Waals surface area (Å²) < 4.78 is 25.8. The van der Waals surface area contributed by atoms with Crippen LogP contribution in [-0.2, 0) is 0 Å². The van der Waals surface area contributed by atoms with Gasteiger partial charge in [0.1, 0.15) is 0 Å².